The van der Waals surface area contributed by atoms with Crippen LogP contribution in [0.15, 0.2) is 60.5 Å². The monoisotopic (exact) mass is 431 g/mol. The molecule has 4 aromatic rings. The molecule has 0 saturated carbocycles. The summed E-state index contributed by atoms with van der Waals surface area (Å²) >= 11 is 1.63. The lowest BCUT2D eigenvalue weighted by atomic mass is 10.1. The Hall–Kier alpha value is -3.65. The Morgan fingerprint density at radius 1 is 1.29 bits per heavy atom. The molecule has 3 aromatic heterocycles. The van der Waals surface area contributed by atoms with Gasteiger partial charge < -0.3 is 19.9 Å². The number of benzene rings is 1. The van der Waals surface area contributed by atoms with E-state index >= 15 is 0 Å². The highest BCUT2D eigenvalue weighted by Crippen LogP contribution is 2.31. The molecular formula is C23H21N5O2S. The number of allylic oxidation sites excluding steroid dienone is 1. The number of amides is 1. The van der Waals surface area contributed by atoms with E-state index in [1.165, 1.54) is 0 Å². The Balaban J connectivity index is 1.39. The van der Waals surface area contributed by atoms with Crippen molar-refractivity contribution in [3.63, 3.8) is 0 Å². The number of rotatable bonds is 4. The summed E-state index contributed by atoms with van der Waals surface area (Å²) in [6.07, 6.45) is 4.23. The Morgan fingerprint density at radius 3 is 3.00 bits per heavy atom. The smallest absolute Gasteiger partial charge is 0.415 e. The molecule has 0 spiro atoms. The first-order valence-corrected chi connectivity index (χ1v) is 10.8. The minimum absolute atomic E-state index is 0.356. The van der Waals surface area contributed by atoms with Gasteiger partial charge in [0.1, 0.15) is 5.65 Å². The van der Waals surface area contributed by atoms with Crippen molar-refractivity contribution in [1.82, 2.24) is 19.9 Å². The first kappa shape index (κ1) is 19.3. The molecular weight excluding hydrogens is 410 g/mol. The molecule has 0 aliphatic carbocycles. The molecule has 1 aliphatic heterocycles. The number of nitrogens with zero attached hydrogens (tertiary/aromatic N) is 3. The van der Waals surface area contributed by atoms with E-state index < -0.39 is 0 Å². The van der Waals surface area contributed by atoms with Crippen LogP contribution in [0.2, 0.25) is 0 Å². The van der Waals surface area contributed by atoms with E-state index in [2.05, 4.69) is 45.1 Å². The zero-order valence-corrected chi connectivity index (χ0v) is 17.8. The Kier molecular flexibility index (Phi) is 4.91. The maximum Gasteiger partial charge on any atom is 0.415 e. The van der Waals surface area contributed by atoms with Crippen LogP contribution in [-0.2, 0) is 4.74 Å². The fourth-order valence-electron chi connectivity index (χ4n) is 3.69. The third-order valence-electron chi connectivity index (χ3n) is 5.22. The van der Waals surface area contributed by atoms with Gasteiger partial charge in [0, 0.05) is 36.1 Å². The third kappa shape index (κ3) is 3.89. The van der Waals surface area contributed by atoms with Crippen molar-refractivity contribution >= 4 is 55.6 Å². The predicted molar refractivity (Wildman–Crippen MR) is 124 cm³/mol. The molecule has 0 atom stereocenters. The van der Waals surface area contributed by atoms with E-state index in [1.54, 1.807) is 29.4 Å². The van der Waals surface area contributed by atoms with Crippen molar-refractivity contribution in [2.75, 3.05) is 18.4 Å². The van der Waals surface area contributed by atoms with Gasteiger partial charge in [0.15, 0.2) is 0 Å². The second-order valence-electron chi connectivity index (χ2n) is 7.46. The maximum absolute atomic E-state index is 12.1. The lowest BCUT2D eigenvalue weighted by molar-refractivity contribution is 0.133. The number of ether oxygens (including phenoxy) is 1. The van der Waals surface area contributed by atoms with Crippen molar-refractivity contribution in [1.29, 1.82) is 0 Å². The molecule has 7 nitrogen and oxygen atoms in total. The lowest BCUT2D eigenvalue weighted by Gasteiger charge is -2.25. The van der Waals surface area contributed by atoms with Crippen LogP contribution in [0, 0.1) is 0 Å². The zero-order chi connectivity index (χ0) is 21.4. The van der Waals surface area contributed by atoms with Crippen LogP contribution in [0.4, 0.5) is 16.2 Å². The minimum atomic E-state index is -0.356. The number of hydrogen-bond donors (Lipinski definition) is 2. The lowest BCUT2D eigenvalue weighted by Crippen LogP contribution is -2.34. The number of aromatic nitrogens is 3. The second kappa shape index (κ2) is 7.88. The summed E-state index contributed by atoms with van der Waals surface area (Å²) in [5, 5.41) is 4.53. The minimum Gasteiger partial charge on any atom is -0.416 e. The van der Waals surface area contributed by atoms with E-state index in [0.717, 1.165) is 50.3 Å². The van der Waals surface area contributed by atoms with Gasteiger partial charge in [-0.15, -0.1) is 11.3 Å². The molecule has 156 valence electrons. The number of hydrogen-bond acceptors (Lipinski definition) is 6. The van der Waals surface area contributed by atoms with Crippen molar-refractivity contribution in [3.8, 4) is 0 Å². The SMILES string of the molecule is C=C(C)OC(=O)N1CC=C(c2cc3c(Nc4ccc5ncsc5c4)ccnc3[nH]2)CC1. The largest absolute Gasteiger partial charge is 0.416 e. The standard InChI is InChI=1S/C23H21N5O2S/c1-14(2)30-23(29)28-9-6-15(7-10-28)20-12-17-18(5-8-24-22(17)27-20)26-16-3-4-19-21(11-16)31-13-25-19/h3-6,8,11-13H,1,7,9-10H2,2H3,(H2,24,26,27). The number of nitrogens with one attached hydrogen (secondary N) is 2. The maximum atomic E-state index is 12.1. The number of H-pyrrole nitrogens is 1. The normalized spacial score (nSPS) is 14.0. The third-order valence-corrected chi connectivity index (χ3v) is 6.01. The first-order valence-electron chi connectivity index (χ1n) is 9.96. The quantitative estimate of drug-likeness (QED) is 0.407. The average molecular weight is 432 g/mol. The van der Waals surface area contributed by atoms with Crippen LogP contribution >= 0.6 is 11.3 Å². The second-order valence-corrected chi connectivity index (χ2v) is 8.35. The molecule has 5 rings (SSSR count). The van der Waals surface area contributed by atoms with Gasteiger partial charge >= 0.3 is 6.09 Å². The molecule has 1 aromatic carbocycles. The van der Waals surface area contributed by atoms with Crippen molar-refractivity contribution < 1.29 is 9.53 Å². The van der Waals surface area contributed by atoms with Gasteiger partial charge in [-0.2, -0.15) is 0 Å². The van der Waals surface area contributed by atoms with Crippen LogP contribution in [0.5, 0.6) is 0 Å². The van der Waals surface area contributed by atoms with Gasteiger partial charge in [0.05, 0.1) is 27.2 Å². The van der Waals surface area contributed by atoms with Crippen molar-refractivity contribution in [3.05, 3.63) is 66.1 Å². The highest BCUT2D eigenvalue weighted by molar-refractivity contribution is 7.16. The molecule has 4 heterocycles. The van der Waals surface area contributed by atoms with Gasteiger partial charge in [-0.1, -0.05) is 12.7 Å². The molecule has 8 heteroatoms. The average Bonchev–Trinajstić information content (AvgIpc) is 3.40. The van der Waals surface area contributed by atoms with Gasteiger partial charge in [0.25, 0.3) is 0 Å². The summed E-state index contributed by atoms with van der Waals surface area (Å²) < 4.78 is 6.25. The molecule has 1 amide bonds. The summed E-state index contributed by atoms with van der Waals surface area (Å²) in [7, 11) is 0. The van der Waals surface area contributed by atoms with Gasteiger partial charge in [-0.05, 0) is 49.2 Å². The van der Waals surface area contributed by atoms with Gasteiger partial charge in [-0.3, -0.25) is 0 Å². The molecule has 0 bridgehead atoms. The van der Waals surface area contributed by atoms with Gasteiger partial charge in [0.2, 0.25) is 0 Å². The van der Waals surface area contributed by atoms with E-state index in [4.69, 9.17) is 4.74 Å². The van der Waals surface area contributed by atoms with Crippen molar-refractivity contribution in [2.24, 2.45) is 0 Å². The number of carbonyl (C=O) groups is 1. The van der Waals surface area contributed by atoms with E-state index in [-0.39, 0.29) is 6.09 Å². The Bertz CT molecular complexity index is 1340. The summed E-state index contributed by atoms with van der Waals surface area (Å²) in [6.45, 7) is 6.39. The molecule has 0 radical (unpaired) electrons. The van der Waals surface area contributed by atoms with Crippen molar-refractivity contribution in [2.45, 2.75) is 13.3 Å². The Morgan fingerprint density at radius 2 is 2.19 bits per heavy atom. The number of carbonyl (C=O) groups excluding carboxylic acids is 1. The molecule has 0 unspecified atom stereocenters. The zero-order valence-electron chi connectivity index (χ0n) is 17.0. The van der Waals surface area contributed by atoms with E-state index in [0.29, 0.717) is 18.8 Å². The molecule has 1 aliphatic rings. The first-order chi connectivity index (χ1) is 15.1. The highest BCUT2D eigenvalue weighted by Gasteiger charge is 2.20. The fraction of sp³-hybridized carbons (Fsp3) is 0.174. The number of aromatic amines is 1. The topological polar surface area (TPSA) is 83.1 Å². The van der Waals surface area contributed by atoms with Crippen LogP contribution in [-0.4, -0.2) is 39.0 Å². The van der Waals surface area contributed by atoms with Crippen LogP contribution in [0.25, 0.3) is 26.8 Å². The summed E-state index contributed by atoms with van der Waals surface area (Å²) in [6, 6.07) is 10.2. The number of pyridine rings is 1. The van der Waals surface area contributed by atoms with E-state index in [9.17, 15) is 4.79 Å². The summed E-state index contributed by atoms with van der Waals surface area (Å²) in [5.74, 6) is 0.399. The van der Waals surface area contributed by atoms with E-state index in [1.807, 2.05) is 23.7 Å². The highest BCUT2D eigenvalue weighted by atomic mass is 32.1. The predicted octanol–water partition coefficient (Wildman–Crippen LogP) is 5.68. The summed E-state index contributed by atoms with van der Waals surface area (Å²) in [4.78, 5) is 26.0. The molecule has 2 N–H and O–H groups in total. The Labute approximate surface area is 183 Å². The number of thiazole rings is 1. The van der Waals surface area contributed by atoms with Crippen LogP contribution in [0.3, 0.4) is 0 Å². The fourth-order valence-corrected chi connectivity index (χ4v) is 4.41. The summed E-state index contributed by atoms with van der Waals surface area (Å²) in [5.41, 5.74) is 7.86. The molecule has 0 fully saturated rings. The number of fused-ring (bicyclic) bond motifs is 2. The van der Waals surface area contributed by atoms with Crippen LogP contribution < -0.4 is 5.32 Å². The molecule has 0 saturated heterocycles. The van der Waals surface area contributed by atoms with Crippen LogP contribution in [0.1, 0.15) is 19.0 Å². The number of anilines is 2. The van der Waals surface area contributed by atoms with Gasteiger partial charge in [-0.25, -0.2) is 14.8 Å². The molecule has 31 heavy (non-hydrogen) atoms.